The van der Waals surface area contributed by atoms with Gasteiger partial charge < -0.3 is 35.9 Å². The van der Waals surface area contributed by atoms with Gasteiger partial charge in [-0.3, -0.25) is 0 Å². The molecule has 0 saturated carbocycles. The van der Waals surface area contributed by atoms with E-state index in [1.807, 2.05) is 93.9 Å². The van der Waals surface area contributed by atoms with Crippen LogP contribution in [-0.2, 0) is 0 Å². The van der Waals surface area contributed by atoms with Crippen molar-refractivity contribution in [2.24, 2.45) is 0 Å². The summed E-state index contributed by atoms with van der Waals surface area (Å²) < 4.78 is 44.8. The molecule has 0 aliphatic heterocycles. The van der Waals surface area contributed by atoms with Crippen LogP contribution < -0.4 is 0 Å². The normalized spacial score (nSPS) is 12.0. The van der Waals surface area contributed by atoms with Gasteiger partial charge in [0.1, 0.15) is 44.7 Å². The highest BCUT2D eigenvalue weighted by Gasteiger charge is 2.26. The lowest BCUT2D eigenvalue weighted by Gasteiger charge is -2.08. The smallest absolute Gasteiger partial charge is 0.143 e. The van der Waals surface area contributed by atoms with E-state index in [4.69, 9.17) is 17.7 Å². The van der Waals surface area contributed by atoms with Gasteiger partial charge in [-0.25, -0.2) is 0 Å². The first-order chi connectivity index (χ1) is 69.4. The predicted molar refractivity (Wildman–Crippen MR) is 596 cm³/mol. The third-order valence-electron chi connectivity index (χ3n) is 28.0. The Bertz CT molecular complexity index is 10600. The minimum absolute atomic E-state index is 0.932. The summed E-state index contributed by atoms with van der Waals surface area (Å²) in [6.07, 6.45) is 0. The van der Waals surface area contributed by atoms with Gasteiger partial charge in [0, 0.05) is 133 Å². The average Bonchev–Trinajstić information content (AvgIpc) is 1.55. The van der Waals surface area contributed by atoms with E-state index in [1.54, 1.807) is 0 Å². The molecule has 12 heterocycles. The molecule has 0 bridgehead atoms. The summed E-state index contributed by atoms with van der Waals surface area (Å²) in [6, 6.07) is 164. The van der Waals surface area contributed by atoms with E-state index in [0.717, 1.165) is 82.5 Å². The van der Waals surface area contributed by atoms with Crippen molar-refractivity contribution >= 4 is 258 Å². The van der Waals surface area contributed by atoms with Crippen LogP contribution in [0.15, 0.2) is 479 Å². The molecule has 0 radical (unpaired) electrons. The highest BCUT2D eigenvalue weighted by atomic mass is 32.1. The van der Waals surface area contributed by atoms with Crippen LogP contribution in [0.2, 0.25) is 0 Å². The summed E-state index contributed by atoms with van der Waals surface area (Å²) in [4.78, 5) is 0. The van der Waals surface area contributed by atoms with Gasteiger partial charge in [-0.1, -0.05) is 309 Å². The van der Waals surface area contributed by atoms with Crippen LogP contribution in [0.25, 0.3) is 280 Å². The van der Waals surface area contributed by atoms with Crippen molar-refractivity contribution in [3.63, 3.8) is 0 Å². The van der Waals surface area contributed by atoms with E-state index in [-0.39, 0.29) is 0 Å². The Morgan fingerprint density at radius 2 is 0.429 bits per heavy atom. The monoisotopic (exact) mass is 1860 g/mol. The van der Waals surface area contributed by atoms with Gasteiger partial charge >= 0.3 is 0 Å². The molecule has 0 atom stereocenters. The Kier molecular flexibility index (Phi) is 18.4. The topological polar surface area (TPSA) is 72.3 Å². The molecule has 0 fully saturated rings. The van der Waals surface area contributed by atoms with Crippen molar-refractivity contribution in [3.05, 3.63) is 461 Å². The zero-order valence-electron chi connectivity index (χ0n) is 74.9. The molecule has 0 aliphatic carbocycles. The average molecular weight is 1860 g/mol. The van der Waals surface area contributed by atoms with Crippen molar-refractivity contribution < 1.29 is 17.7 Å². The number of furan rings is 4. The molecule has 140 heavy (non-hydrogen) atoms. The first-order valence-corrected chi connectivity index (χ1v) is 50.4. The molecule has 0 spiro atoms. The fourth-order valence-corrected chi connectivity index (χ4v) is 26.8. The first-order valence-electron chi connectivity index (χ1n) is 47.1. The Morgan fingerprint density at radius 1 is 0.157 bits per heavy atom. The minimum atomic E-state index is 0.932. The van der Waals surface area contributed by atoms with Gasteiger partial charge in [-0.2, -0.15) is 0 Å². The summed E-state index contributed by atoms with van der Waals surface area (Å²) in [5.41, 5.74) is 32.0. The lowest BCUT2D eigenvalue weighted by Crippen LogP contribution is -1.92. The van der Waals surface area contributed by atoms with Crippen molar-refractivity contribution in [3.8, 4) is 67.3 Å². The first kappa shape index (κ1) is 80.0. The summed E-state index contributed by atoms with van der Waals surface area (Å²) in [5.74, 6) is 0. The predicted octanol–water partition coefficient (Wildman–Crippen LogP) is 38.3. The van der Waals surface area contributed by atoms with Gasteiger partial charge in [0.25, 0.3) is 0 Å². The number of para-hydroxylation sites is 13. The van der Waals surface area contributed by atoms with E-state index < -0.39 is 0 Å². The van der Waals surface area contributed by atoms with E-state index in [9.17, 15) is 0 Å². The van der Waals surface area contributed by atoms with Crippen LogP contribution in [-0.4, -0.2) is 18.3 Å². The second kappa shape index (κ2) is 32.2. The molecule has 0 N–H and O–H groups in total. The number of nitrogens with zero attached hydrogens (tertiary/aromatic N) is 4. The molecule has 0 saturated heterocycles. The van der Waals surface area contributed by atoms with E-state index >= 15 is 0 Å². The third-order valence-corrected chi connectivity index (χ3v) is 32.7. The van der Waals surface area contributed by atoms with Crippen LogP contribution >= 0.6 is 45.3 Å². The maximum absolute atomic E-state index is 6.33. The minimum Gasteiger partial charge on any atom is -0.456 e. The summed E-state index contributed by atoms with van der Waals surface area (Å²) in [6.45, 7) is 0. The zero-order valence-corrected chi connectivity index (χ0v) is 78.2. The number of hydrogen-bond acceptors (Lipinski definition) is 8. The number of aromatic nitrogens is 4. The quantitative estimate of drug-likeness (QED) is 0.152. The fourth-order valence-electron chi connectivity index (χ4n) is 21.8. The molecular weight excluding hydrogens is 1790 g/mol. The number of thiophene rings is 4. The SMILES string of the molecule is c1ccc(-n2c3ccccc3c3sc4cc(-c5ccc6c(c5)oc5ccccc56)ccc4c32)cc1.c1ccc(-n2c3ccccc3c3sc4cc(-c5ccc6oc7ccccc7c6c5)ccc4c32)cc1.c1ccc(-n2c3ccccc3c3sc4cc(-c5cccc6c5oc5ccccc56)ccc4c32)cc1.c1ccc(-n2c3ccccc3c3sc4cc(-c5cccc6oc7ccccc7c56)ccc4c32)cc1. The Hall–Kier alpha value is -17.4. The van der Waals surface area contributed by atoms with E-state index in [0.29, 0.717) is 0 Å². The van der Waals surface area contributed by atoms with Crippen molar-refractivity contribution in [2.45, 2.75) is 0 Å². The van der Waals surface area contributed by atoms with Gasteiger partial charge in [-0.05, 0) is 191 Å². The lowest BCUT2D eigenvalue weighted by atomic mass is 9.99. The summed E-state index contributed by atoms with van der Waals surface area (Å²) in [7, 11) is 0. The highest BCUT2D eigenvalue weighted by molar-refractivity contribution is 7.28. The molecule has 0 amide bonds. The van der Waals surface area contributed by atoms with Gasteiger partial charge in [-0.15, -0.1) is 45.3 Å². The summed E-state index contributed by atoms with van der Waals surface area (Å²) >= 11 is 7.52. The standard InChI is InChI=1S/4C32H19NOS/c1-2-9-21(10-3-1)33-27-15-6-4-12-25(27)32-30(33)26-18-17-20(19-29(26)35-32)22-13-8-14-24-23-11-5-7-16-28(23)34-31(22)24;1-2-9-21(10-3-1)33-26-14-6-4-11-23(26)32-31(33)25-18-17-20(19-29(25)35-32)22-13-8-16-28-30(22)24-12-5-7-15-27(24)34-28;1-2-8-22(9-3-1)33-27-12-6-4-11-24(27)32-31(33)25-16-14-21(19-30(25)35-32)20-15-17-29-26(18-20)23-10-5-7-13-28(23)34-29;1-2-8-22(9-3-1)33-27-12-6-4-11-25(27)32-31(33)26-17-15-21(19-30(26)35-32)20-14-16-24-23-10-5-7-13-28(23)34-29(24)18-20/h4*1-19H. The zero-order chi connectivity index (χ0) is 91.7. The maximum Gasteiger partial charge on any atom is 0.143 e. The lowest BCUT2D eigenvalue weighted by molar-refractivity contribution is 0.668. The molecule has 20 aromatic carbocycles. The molecule has 32 rings (SSSR count). The van der Waals surface area contributed by atoms with Crippen LogP contribution in [0.1, 0.15) is 0 Å². The number of rotatable bonds is 8. The second-order valence-corrected chi connectivity index (χ2v) is 40.1. The Labute approximate surface area is 815 Å². The number of benzene rings is 20. The van der Waals surface area contributed by atoms with Crippen LogP contribution in [0.4, 0.5) is 0 Å². The van der Waals surface area contributed by atoms with Crippen molar-refractivity contribution in [2.75, 3.05) is 0 Å². The van der Waals surface area contributed by atoms with Crippen LogP contribution in [0.3, 0.4) is 0 Å². The molecule has 0 unspecified atom stereocenters. The summed E-state index contributed by atoms with van der Waals surface area (Å²) in [5, 5.41) is 19.7. The van der Waals surface area contributed by atoms with Gasteiger partial charge in [0.15, 0.2) is 0 Å². The molecule has 12 aromatic heterocycles. The second-order valence-electron chi connectivity index (χ2n) is 35.9. The number of hydrogen-bond donors (Lipinski definition) is 0. The van der Waals surface area contributed by atoms with Crippen LogP contribution in [0.5, 0.6) is 0 Å². The molecule has 32 aromatic rings. The Morgan fingerprint density at radius 3 is 0.871 bits per heavy atom. The molecule has 12 heteroatoms. The largest absolute Gasteiger partial charge is 0.456 e. The fraction of sp³-hybridized carbons (Fsp3) is 0. The van der Waals surface area contributed by atoms with Gasteiger partial charge in [0.05, 0.1) is 62.9 Å². The third kappa shape index (κ3) is 12.7. The maximum atomic E-state index is 6.33. The van der Waals surface area contributed by atoms with Crippen molar-refractivity contribution in [1.29, 1.82) is 0 Å². The van der Waals surface area contributed by atoms with Gasteiger partial charge in [0.2, 0.25) is 0 Å². The molecule has 8 nitrogen and oxygen atoms in total. The molecule has 656 valence electrons. The Balaban J connectivity index is 0.0000000896. The van der Waals surface area contributed by atoms with Crippen molar-refractivity contribution in [1.82, 2.24) is 18.3 Å². The molecular formula is C128H76N4O4S4. The number of fused-ring (bicyclic) bond motifs is 32. The molecule has 0 aliphatic rings. The van der Waals surface area contributed by atoms with E-state index in [2.05, 4.69) is 431 Å². The highest BCUT2D eigenvalue weighted by Crippen LogP contribution is 2.51. The van der Waals surface area contributed by atoms with Crippen LogP contribution in [0, 0.1) is 0 Å². The van der Waals surface area contributed by atoms with E-state index in [1.165, 1.54) is 197 Å².